The van der Waals surface area contributed by atoms with Gasteiger partial charge >= 0.3 is 0 Å². The highest BCUT2D eigenvalue weighted by Gasteiger charge is 2.24. The lowest BCUT2D eigenvalue weighted by Crippen LogP contribution is -2.06. The highest BCUT2D eigenvalue weighted by Crippen LogP contribution is 2.40. The number of hydrogen-bond donors (Lipinski definition) is 1. The summed E-state index contributed by atoms with van der Waals surface area (Å²) in [6.45, 7) is 0. The largest absolute Gasteiger partial charge is 0.377 e. The molecule has 2 heteroatoms. The Bertz CT molecular complexity index is 789. The average molecular weight is 324 g/mol. The van der Waals surface area contributed by atoms with Gasteiger partial charge in [-0.1, -0.05) is 54.6 Å². The Kier molecular flexibility index (Phi) is 2.78. The van der Waals surface area contributed by atoms with Crippen molar-refractivity contribution in [2.24, 2.45) is 0 Å². The van der Waals surface area contributed by atoms with Crippen molar-refractivity contribution in [2.75, 3.05) is 5.32 Å². The van der Waals surface area contributed by atoms with Gasteiger partial charge in [0.15, 0.2) is 0 Å². The van der Waals surface area contributed by atoms with Crippen molar-refractivity contribution in [1.82, 2.24) is 0 Å². The Morgan fingerprint density at radius 3 is 2.60 bits per heavy atom. The van der Waals surface area contributed by atoms with Crippen LogP contribution in [0.1, 0.15) is 17.2 Å². The van der Waals surface area contributed by atoms with Crippen LogP contribution in [-0.2, 0) is 6.42 Å². The second kappa shape index (κ2) is 4.64. The molecule has 0 amide bonds. The predicted molar refractivity (Wildman–Crippen MR) is 88.2 cm³/mol. The van der Waals surface area contributed by atoms with Crippen LogP contribution in [0.3, 0.4) is 0 Å². The molecular weight excluding hydrogens is 310 g/mol. The first-order valence-electron chi connectivity index (χ1n) is 6.84. The van der Waals surface area contributed by atoms with Gasteiger partial charge in [-0.15, -0.1) is 0 Å². The summed E-state index contributed by atoms with van der Waals surface area (Å²) in [6, 6.07) is 21.9. The van der Waals surface area contributed by atoms with Gasteiger partial charge in [-0.2, -0.15) is 0 Å². The van der Waals surface area contributed by atoms with E-state index in [1.807, 2.05) is 0 Å². The van der Waals surface area contributed by atoms with Gasteiger partial charge in [-0.25, -0.2) is 0 Å². The summed E-state index contributed by atoms with van der Waals surface area (Å²) in [6.07, 6.45) is 1.04. The van der Waals surface area contributed by atoms with Gasteiger partial charge in [0.1, 0.15) is 0 Å². The fraction of sp³-hybridized carbons (Fsp3) is 0.111. The molecule has 0 radical (unpaired) electrons. The molecular formula is C18H14BrN. The second-order valence-corrected chi connectivity index (χ2v) is 6.10. The van der Waals surface area contributed by atoms with Crippen molar-refractivity contribution in [2.45, 2.75) is 12.5 Å². The molecule has 1 aliphatic rings. The topological polar surface area (TPSA) is 12.0 Å². The fourth-order valence-corrected chi connectivity index (χ4v) is 3.61. The van der Waals surface area contributed by atoms with Crippen LogP contribution >= 0.6 is 15.9 Å². The molecule has 1 unspecified atom stereocenters. The van der Waals surface area contributed by atoms with Crippen LogP contribution < -0.4 is 5.32 Å². The number of hydrogen-bond acceptors (Lipinski definition) is 1. The number of rotatable bonds is 1. The van der Waals surface area contributed by atoms with Gasteiger partial charge in [-0.3, -0.25) is 0 Å². The third kappa shape index (κ3) is 1.83. The predicted octanol–water partition coefficient (Wildman–Crippen LogP) is 5.31. The standard InChI is InChI=1S/C18H14BrN/c19-16-10-4-7-13-11-17(20-18(13)16)15-9-3-6-12-5-1-2-8-14(12)15/h1-10,17,20H,11H2. The van der Waals surface area contributed by atoms with Crippen molar-refractivity contribution in [1.29, 1.82) is 0 Å². The molecule has 3 aromatic rings. The smallest absolute Gasteiger partial charge is 0.0561 e. The lowest BCUT2D eigenvalue weighted by molar-refractivity contribution is 0.832. The number of benzene rings is 3. The lowest BCUT2D eigenvalue weighted by Gasteiger charge is -2.15. The highest BCUT2D eigenvalue weighted by atomic mass is 79.9. The molecule has 0 aromatic heterocycles. The van der Waals surface area contributed by atoms with E-state index in [1.54, 1.807) is 0 Å². The van der Waals surface area contributed by atoms with E-state index in [2.05, 4.69) is 81.9 Å². The molecule has 98 valence electrons. The van der Waals surface area contributed by atoms with Crippen LogP contribution in [0.4, 0.5) is 5.69 Å². The van der Waals surface area contributed by atoms with E-state index in [4.69, 9.17) is 0 Å². The zero-order valence-corrected chi connectivity index (χ0v) is 12.5. The van der Waals surface area contributed by atoms with Crippen molar-refractivity contribution in [3.63, 3.8) is 0 Å². The van der Waals surface area contributed by atoms with E-state index >= 15 is 0 Å². The molecule has 1 atom stereocenters. The lowest BCUT2D eigenvalue weighted by atomic mass is 9.97. The molecule has 20 heavy (non-hydrogen) atoms. The minimum atomic E-state index is 0.356. The van der Waals surface area contributed by atoms with Gasteiger partial charge < -0.3 is 5.32 Å². The molecule has 0 fully saturated rings. The van der Waals surface area contributed by atoms with Crippen LogP contribution in [-0.4, -0.2) is 0 Å². The Morgan fingerprint density at radius 2 is 1.70 bits per heavy atom. The molecule has 1 nitrogen and oxygen atoms in total. The van der Waals surface area contributed by atoms with E-state index in [1.165, 1.54) is 27.6 Å². The Morgan fingerprint density at radius 1 is 0.900 bits per heavy atom. The molecule has 1 aliphatic heterocycles. The van der Waals surface area contributed by atoms with Gasteiger partial charge in [-0.05, 0) is 50.3 Å². The third-order valence-corrected chi connectivity index (χ3v) is 4.70. The normalized spacial score (nSPS) is 16.9. The molecule has 0 spiro atoms. The quantitative estimate of drug-likeness (QED) is 0.639. The second-order valence-electron chi connectivity index (χ2n) is 5.24. The Balaban J connectivity index is 1.81. The van der Waals surface area contributed by atoms with Crippen molar-refractivity contribution in [3.05, 3.63) is 76.3 Å². The van der Waals surface area contributed by atoms with Crippen LogP contribution in [0.25, 0.3) is 10.8 Å². The SMILES string of the molecule is Brc1cccc2c1NC(c1cccc3ccccc13)C2. The molecule has 1 heterocycles. The van der Waals surface area contributed by atoms with E-state index in [-0.39, 0.29) is 0 Å². The maximum absolute atomic E-state index is 3.66. The first kappa shape index (κ1) is 12.0. The number of nitrogens with one attached hydrogen (secondary N) is 1. The summed E-state index contributed by atoms with van der Waals surface area (Å²) in [4.78, 5) is 0. The Labute approximate surface area is 126 Å². The molecule has 0 bridgehead atoms. The van der Waals surface area contributed by atoms with E-state index in [0.717, 1.165) is 10.9 Å². The monoisotopic (exact) mass is 323 g/mol. The summed E-state index contributed by atoms with van der Waals surface area (Å²) in [5.41, 5.74) is 4.01. The number of para-hydroxylation sites is 1. The van der Waals surface area contributed by atoms with Gasteiger partial charge in [0.05, 0.1) is 11.7 Å². The summed E-state index contributed by atoms with van der Waals surface area (Å²) < 4.78 is 1.15. The number of halogens is 1. The van der Waals surface area contributed by atoms with Crippen molar-refractivity contribution in [3.8, 4) is 0 Å². The van der Waals surface area contributed by atoms with Crippen molar-refractivity contribution < 1.29 is 0 Å². The van der Waals surface area contributed by atoms with E-state index in [0.29, 0.717) is 6.04 Å². The minimum absolute atomic E-state index is 0.356. The van der Waals surface area contributed by atoms with E-state index < -0.39 is 0 Å². The van der Waals surface area contributed by atoms with Gasteiger partial charge in [0.2, 0.25) is 0 Å². The highest BCUT2D eigenvalue weighted by molar-refractivity contribution is 9.10. The van der Waals surface area contributed by atoms with E-state index in [9.17, 15) is 0 Å². The van der Waals surface area contributed by atoms with Crippen LogP contribution in [0.15, 0.2) is 65.1 Å². The maximum Gasteiger partial charge on any atom is 0.0561 e. The third-order valence-electron chi connectivity index (χ3n) is 4.04. The molecule has 0 saturated carbocycles. The van der Waals surface area contributed by atoms with Gasteiger partial charge in [0.25, 0.3) is 0 Å². The summed E-state index contributed by atoms with van der Waals surface area (Å²) in [5.74, 6) is 0. The van der Waals surface area contributed by atoms with Crippen LogP contribution in [0, 0.1) is 0 Å². The summed E-state index contributed by atoms with van der Waals surface area (Å²) in [7, 11) is 0. The zero-order valence-electron chi connectivity index (χ0n) is 10.9. The van der Waals surface area contributed by atoms with Crippen LogP contribution in [0.2, 0.25) is 0 Å². The van der Waals surface area contributed by atoms with Crippen LogP contribution in [0.5, 0.6) is 0 Å². The molecule has 4 rings (SSSR count). The number of anilines is 1. The molecule has 0 saturated heterocycles. The first-order valence-corrected chi connectivity index (χ1v) is 7.64. The average Bonchev–Trinajstić information content (AvgIpc) is 2.92. The van der Waals surface area contributed by atoms with Crippen molar-refractivity contribution >= 4 is 32.4 Å². The summed E-state index contributed by atoms with van der Waals surface area (Å²) in [5, 5.41) is 6.32. The van der Waals surface area contributed by atoms with Gasteiger partial charge in [0, 0.05) is 4.47 Å². The first-order chi connectivity index (χ1) is 9.83. The zero-order chi connectivity index (χ0) is 13.5. The Hall–Kier alpha value is -1.80. The summed E-state index contributed by atoms with van der Waals surface area (Å²) >= 11 is 3.63. The molecule has 1 N–H and O–H groups in total. The molecule has 3 aromatic carbocycles. The fourth-order valence-electron chi connectivity index (χ4n) is 3.09. The number of fused-ring (bicyclic) bond motifs is 2. The molecule has 0 aliphatic carbocycles. The minimum Gasteiger partial charge on any atom is -0.377 e. The maximum atomic E-state index is 3.66.